The number of benzene rings is 2. The zero-order valence-corrected chi connectivity index (χ0v) is 13.1. The van der Waals surface area contributed by atoms with Crippen LogP contribution in [-0.2, 0) is 6.54 Å². The monoisotopic (exact) mass is 326 g/mol. The van der Waals surface area contributed by atoms with Crippen LogP contribution in [0.5, 0.6) is 0 Å². The summed E-state index contributed by atoms with van der Waals surface area (Å²) in [5.74, 6) is -0.235. The summed E-state index contributed by atoms with van der Waals surface area (Å²) in [5.41, 5.74) is 10.8. The quantitative estimate of drug-likeness (QED) is 0.440. The van der Waals surface area contributed by atoms with Crippen molar-refractivity contribution < 1.29 is 4.39 Å². The molecule has 0 aliphatic carbocycles. The maximum atomic E-state index is 13.4. The van der Waals surface area contributed by atoms with Gasteiger partial charge in [0.05, 0.1) is 6.21 Å². The zero-order valence-electron chi connectivity index (χ0n) is 12.2. The van der Waals surface area contributed by atoms with Gasteiger partial charge in [-0.15, -0.1) is 0 Å². The molecule has 0 aliphatic heterocycles. The fraction of sp³-hybridized carbons (Fsp3) is 0.0588. The van der Waals surface area contributed by atoms with Gasteiger partial charge in [0.2, 0.25) is 0 Å². The Bertz CT molecular complexity index is 885. The van der Waals surface area contributed by atoms with E-state index in [1.165, 1.54) is 12.1 Å². The Morgan fingerprint density at radius 2 is 2.09 bits per heavy atom. The summed E-state index contributed by atoms with van der Waals surface area (Å²) in [6, 6.07) is 14.6. The lowest BCUT2D eigenvalue weighted by Crippen LogP contribution is -2.23. The van der Waals surface area contributed by atoms with Crippen LogP contribution in [0.1, 0.15) is 11.1 Å². The van der Waals surface area contributed by atoms with Crippen molar-refractivity contribution in [1.29, 1.82) is 0 Å². The van der Waals surface area contributed by atoms with Crippen molar-refractivity contribution >= 4 is 34.4 Å². The van der Waals surface area contributed by atoms with Gasteiger partial charge in [0.15, 0.2) is 5.11 Å². The molecule has 1 aromatic heterocycles. The second kappa shape index (κ2) is 6.58. The Morgan fingerprint density at radius 1 is 1.26 bits per heavy atom. The summed E-state index contributed by atoms with van der Waals surface area (Å²) < 4.78 is 15.4. The molecule has 0 spiro atoms. The average Bonchev–Trinajstić information content (AvgIpc) is 2.85. The van der Waals surface area contributed by atoms with Crippen LogP contribution in [0.25, 0.3) is 10.9 Å². The van der Waals surface area contributed by atoms with E-state index < -0.39 is 0 Å². The van der Waals surface area contributed by atoms with Gasteiger partial charge in [-0.3, -0.25) is 5.43 Å². The zero-order chi connectivity index (χ0) is 16.2. The minimum absolute atomic E-state index is 0.116. The molecule has 23 heavy (non-hydrogen) atoms. The summed E-state index contributed by atoms with van der Waals surface area (Å²) in [4.78, 5) is 0. The first-order valence-corrected chi connectivity index (χ1v) is 7.45. The SMILES string of the molecule is NC(=S)NN=Cc1cn(Cc2cccc(F)c2)c2ccccc12. The second-order valence-electron chi connectivity index (χ2n) is 5.09. The van der Waals surface area contributed by atoms with Crippen molar-refractivity contribution in [1.82, 2.24) is 9.99 Å². The van der Waals surface area contributed by atoms with Crippen LogP contribution in [0, 0.1) is 5.82 Å². The number of nitrogens with zero attached hydrogens (tertiary/aromatic N) is 2. The molecule has 4 nitrogen and oxygen atoms in total. The first kappa shape index (κ1) is 15.2. The number of halogens is 1. The molecule has 0 radical (unpaired) electrons. The Kier molecular flexibility index (Phi) is 4.34. The van der Waals surface area contributed by atoms with E-state index in [1.807, 2.05) is 36.5 Å². The molecular weight excluding hydrogens is 311 g/mol. The number of aromatic nitrogens is 1. The fourth-order valence-electron chi connectivity index (χ4n) is 2.51. The number of thiocarbonyl (C=S) groups is 1. The van der Waals surface area contributed by atoms with E-state index in [4.69, 9.17) is 18.0 Å². The van der Waals surface area contributed by atoms with Crippen molar-refractivity contribution in [2.75, 3.05) is 0 Å². The van der Waals surface area contributed by atoms with Crippen LogP contribution < -0.4 is 11.2 Å². The van der Waals surface area contributed by atoms with Gasteiger partial charge in [0, 0.05) is 29.2 Å². The number of para-hydroxylation sites is 1. The third-order valence-electron chi connectivity index (χ3n) is 3.44. The third-order valence-corrected chi connectivity index (χ3v) is 3.53. The highest BCUT2D eigenvalue weighted by Crippen LogP contribution is 2.21. The minimum Gasteiger partial charge on any atom is -0.375 e. The lowest BCUT2D eigenvalue weighted by molar-refractivity contribution is 0.624. The van der Waals surface area contributed by atoms with E-state index in [1.54, 1.807) is 12.3 Å². The molecule has 0 bridgehead atoms. The maximum absolute atomic E-state index is 13.4. The summed E-state index contributed by atoms with van der Waals surface area (Å²) >= 11 is 4.72. The lowest BCUT2D eigenvalue weighted by Gasteiger charge is -2.05. The van der Waals surface area contributed by atoms with Crippen molar-refractivity contribution in [3.05, 3.63) is 71.7 Å². The molecular formula is C17H15FN4S. The molecule has 0 amide bonds. The van der Waals surface area contributed by atoms with Crippen molar-refractivity contribution in [3.8, 4) is 0 Å². The number of rotatable bonds is 4. The normalized spacial score (nSPS) is 11.2. The van der Waals surface area contributed by atoms with Crippen LogP contribution in [0.2, 0.25) is 0 Å². The van der Waals surface area contributed by atoms with Gasteiger partial charge < -0.3 is 10.3 Å². The van der Waals surface area contributed by atoms with Gasteiger partial charge in [0.1, 0.15) is 5.82 Å². The molecule has 0 fully saturated rings. The average molecular weight is 326 g/mol. The van der Waals surface area contributed by atoms with Crippen LogP contribution >= 0.6 is 12.2 Å². The van der Waals surface area contributed by atoms with Crippen LogP contribution in [0.3, 0.4) is 0 Å². The van der Waals surface area contributed by atoms with E-state index >= 15 is 0 Å². The highest BCUT2D eigenvalue weighted by atomic mass is 32.1. The van der Waals surface area contributed by atoms with Gasteiger partial charge in [-0.2, -0.15) is 5.10 Å². The molecule has 6 heteroatoms. The molecule has 3 N–H and O–H groups in total. The molecule has 0 saturated heterocycles. The fourth-order valence-corrected chi connectivity index (χ4v) is 2.56. The van der Waals surface area contributed by atoms with Gasteiger partial charge >= 0.3 is 0 Å². The third kappa shape index (κ3) is 3.54. The van der Waals surface area contributed by atoms with Gasteiger partial charge in [-0.25, -0.2) is 4.39 Å². The molecule has 3 rings (SSSR count). The Labute approximate surface area is 138 Å². The maximum Gasteiger partial charge on any atom is 0.184 e. The molecule has 2 aromatic carbocycles. The van der Waals surface area contributed by atoms with Gasteiger partial charge in [-0.1, -0.05) is 30.3 Å². The number of hydrogen-bond acceptors (Lipinski definition) is 2. The first-order chi connectivity index (χ1) is 11.1. The number of fused-ring (bicyclic) bond motifs is 1. The molecule has 1 heterocycles. The van der Waals surface area contributed by atoms with Crippen molar-refractivity contribution in [3.63, 3.8) is 0 Å². The summed E-state index contributed by atoms with van der Waals surface area (Å²) in [6.45, 7) is 0.578. The van der Waals surface area contributed by atoms with Gasteiger partial charge in [-0.05, 0) is 36.0 Å². The van der Waals surface area contributed by atoms with E-state index in [9.17, 15) is 4.39 Å². The molecule has 0 unspecified atom stereocenters. The smallest absolute Gasteiger partial charge is 0.184 e. The second-order valence-corrected chi connectivity index (χ2v) is 5.53. The number of nitrogens with two attached hydrogens (primary N) is 1. The minimum atomic E-state index is -0.235. The predicted octanol–water partition coefficient (Wildman–Crippen LogP) is 3.00. The number of hydrogen-bond donors (Lipinski definition) is 2. The van der Waals surface area contributed by atoms with Crippen LogP contribution in [-0.4, -0.2) is 15.9 Å². The summed E-state index contributed by atoms with van der Waals surface area (Å²) in [5, 5.41) is 5.18. The standard InChI is InChI=1S/C17H15FN4S/c18-14-5-3-4-12(8-14)10-22-11-13(9-20-21-17(19)23)15-6-1-2-7-16(15)22/h1-9,11H,10H2,(H3,19,21,23). The highest BCUT2D eigenvalue weighted by molar-refractivity contribution is 7.80. The van der Waals surface area contributed by atoms with Gasteiger partial charge in [0.25, 0.3) is 0 Å². The summed E-state index contributed by atoms with van der Waals surface area (Å²) in [7, 11) is 0. The molecule has 0 aliphatic rings. The molecule has 116 valence electrons. The molecule has 0 saturated carbocycles. The topological polar surface area (TPSA) is 55.3 Å². The Hall–Kier alpha value is -2.73. The van der Waals surface area contributed by atoms with Crippen LogP contribution in [0.4, 0.5) is 4.39 Å². The van der Waals surface area contributed by atoms with E-state index in [0.717, 1.165) is 22.0 Å². The van der Waals surface area contributed by atoms with Crippen LogP contribution in [0.15, 0.2) is 59.8 Å². The molecule has 0 atom stereocenters. The predicted molar refractivity (Wildman–Crippen MR) is 95.0 cm³/mol. The largest absolute Gasteiger partial charge is 0.375 e. The number of nitrogens with one attached hydrogen (secondary N) is 1. The van der Waals surface area contributed by atoms with E-state index in [-0.39, 0.29) is 10.9 Å². The van der Waals surface area contributed by atoms with E-state index in [2.05, 4.69) is 15.1 Å². The lowest BCUT2D eigenvalue weighted by atomic mass is 10.2. The first-order valence-electron chi connectivity index (χ1n) is 7.04. The Morgan fingerprint density at radius 3 is 2.87 bits per heavy atom. The van der Waals surface area contributed by atoms with Crippen molar-refractivity contribution in [2.24, 2.45) is 10.8 Å². The highest BCUT2D eigenvalue weighted by Gasteiger charge is 2.07. The number of hydrazone groups is 1. The molecule has 3 aromatic rings. The summed E-state index contributed by atoms with van der Waals surface area (Å²) in [6.07, 6.45) is 3.64. The Balaban J connectivity index is 1.97. The van der Waals surface area contributed by atoms with Crippen molar-refractivity contribution in [2.45, 2.75) is 6.54 Å². The van der Waals surface area contributed by atoms with E-state index in [0.29, 0.717) is 6.54 Å².